The van der Waals surface area contributed by atoms with Gasteiger partial charge in [-0.1, -0.05) is 0 Å². The molecular formula is C9H5NO3S. The lowest BCUT2D eigenvalue weighted by Crippen LogP contribution is -1.98. The largest absolute Gasteiger partial charge is 0.476 e. The van der Waals surface area contributed by atoms with E-state index in [-0.39, 0.29) is 5.69 Å². The molecule has 0 unspecified atom stereocenters. The lowest BCUT2D eigenvalue weighted by molar-refractivity contribution is 0.0693. The van der Waals surface area contributed by atoms with Gasteiger partial charge < -0.3 is 5.11 Å². The normalized spacial score (nSPS) is 10.3. The van der Waals surface area contributed by atoms with Crippen LogP contribution in [0.5, 0.6) is 0 Å². The molecule has 0 aliphatic heterocycles. The number of aromatic carboxylic acids is 1. The van der Waals surface area contributed by atoms with Crippen molar-refractivity contribution in [3.05, 3.63) is 28.9 Å². The molecule has 70 valence electrons. The van der Waals surface area contributed by atoms with Crippen LogP contribution in [0, 0.1) is 0 Å². The fourth-order valence-corrected chi connectivity index (χ4v) is 2.15. The van der Waals surface area contributed by atoms with E-state index in [0.29, 0.717) is 15.9 Å². The van der Waals surface area contributed by atoms with Crippen LogP contribution >= 0.6 is 11.3 Å². The Labute approximate surface area is 82.8 Å². The maximum Gasteiger partial charge on any atom is 0.355 e. The molecule has 0 amide bonds. The predicted molar refractivity (Wildman–Crippen MR) is 52.0 cm³/mol. The maximum absolute atomic E-state index is 10.8. The van der Waals surface area contributed by atoms with Gasteiger partial charge in [-0.05, 0) is 17.5 Å². The number of carboxylic acids is 1. The Morgan fingerprint density at radius 2 is 2.36 bits per heavy atom. The molecule has 2 rings (SSSR count). The van der Waals surface area contributed by atoms with E-state index in [4.69, 9.17) is 5.11 Å². The average molecular weight is 207 g/mol. The average Bonchev–Trinajstić information content (AvgIpc) is 2.59. The van der Waals surface area contributed by atoms with E-state index >= 15 is 0 Å². The molecule has 0 aromatic carbocycles. The molecule has 2 aromatic heterocycles. The summed E-state index contributed by atoms with van der Waals surface area (Å²) in [6.07, 6.45) is 2.13. The topological polar surface area (TPSA) is 67.3 Å². The summed E-state index contributed by atoms with van der Waals surface area (Å²) in [6, 6.07) is 3.34. The third-order valence-electron chi connectivity index (χ3n) is 1.77. The molecule has 2 aromatic rings. The van der Waals surface area contributed by atoms with Crippen molar-refractivity contribution in [1.82, 2.24) is 4.98 Å². The number of aromatic nitrogens is 1. The first-order valence-corrected chi connectivity index (χ1v) is 4.61. The molecule has 0 aliphatic rings. The van der Waals surface area contributed by atoms with Crippen LogP contribution in [0.25, 0.3) is 10.1 Å². The minimum Gasteiger partial charge on any atom is -0.476 e. The highest BCUT2D eigenvalue weighted by molar-refractivity contribution is 7.20. The third-order valence-corrected chi connectivity index (χ3v) is 2.85. The van der Waals surface area contributed by atoms with Crippen LogP contribution in [-0.2, 0) is 0 Å². The summed E-state index contributed by atoms with van der Waals surface area (Å²) in [5, 5.41) is 9.56. The van der Waals surface area contributed by atoms with E-state index in [9.17, 15) is 9.59 Å². The molecule has 0 radical (unpaired) electrons. The van der Waals surface area contributed by atoms with Crippen LogP contribution in [0.4, 0.5) is 0 Å². The molecule has 0 bridgehead atoms. The number of pyridine rings is 1. The summed E-state index contributed by atoms with van der Waals surface area (Å²) >= 11 is 1.14. The monoisotopic (exact) mass is 207 g/mol. The Hall–Kier alpha value is -1.75. The zero-order valence-electron chi connectivity index (χ0n) is 6.93. The number of carboxylic acid groups (broad SMARTS) is 1. The van der Waals surface area contributed by atoms with Gasteiger partial charge in [0.25, 0.3) is 0 Å². The van der Waals surface area contributed by atoms with E-state index in [2.05, 4.69) is 4.98 Å². The van der Waals surface area contributed by atoms with Gasteiger partial charge in [-0.15, -0.1) is 11.3 Å². The van der Waals surface area contributed by atoms with Gasteiger partial charge in [0.1, 0.15) is 0 Å². The highest BCUT2D eigenvalue weighted by Gasteiger charge is 2.12. The summed E-state index contributed by atoms with van der Waals surface area (Å²) in [7, 11) is 0. The Balaban J connectivity index is 2.79. The van der Waals surface area contributed by atoms with Crippen molar-refractivity contribution < 1.29 is 14.7 Å². The fraction of sp³-hybridized carbons (Fsp3) is 0. The van der Waals surface area contributed by atoms with Crippen LogP contribution in [0.2, 0.25) is 0 Å². The number of rotatable bonds is 2. The summed E-state index contributed by atoms with van der Waals surface area (Å²) < 4.78 is 0.544. The summed E-state index contributed by atoms with van der Waals surface area (Å²) in [5.41, 5.74) is 0.000556. The van der Waals surface area contributed by atoms with Crippen molar-refractivity contribution in [2.24, 2.45) is 0 Å². The molecule has 0 aliphatic carbocycles. The van der Waals surface area contributed by atoms with Gasteiger partial charge in [0.15, 0.2) is 12.0 Å². The smallest absolute Gasteiger partial charge is 0.355 e. The van der Waals surface area contributed by atoms with Gasteiger partial charge in [0.05, 0.1) is 9.58 Å². The van der Waals surface area contributed by atoms with Crippen LogP contribution in [0.15, 0.2) is 18.3 Å². The molecule has 5 heteroatoms. The van der Waals surface area contributed by atoms with Crippen molar-refractivity contribution >= 4 is 33.7 Å². The zero-order valence-corrected chi connectivity index (χ0v) is 7.75. The minimum absolute atomic E-state index is 0.000556. The first-order chi connectivity index (χ1) is 6.72. The molecule has 0 atom stereocenters. The maximum atomic E-state index is 10.8. The Morgan fingerprint density at radius 3 is 3.00 bits per heavy atom. The minimum atomic E-state index is -1.07. The van der Waals surface area contributed by atoms with Crippen molar-refractivity contribution in [2.45, 2.75) is 0 Å². The van der Waals surface area contributed by atoms with Gasteiger partial charge in [0, 0.05) is 6.20 Å². The number of nitrogens with zero attached hydrogens (tertiary/aromatic N) is 1. The van der Waals surface area contributed by atoms with Crippen LogP contribution in [0.1, 0.15) is 20.2 Å². The molecule has 1 N–H and O–H groups in total. The first kappa shape index (κ1) is 8.83. The van der Waals surface area contributed by atoms with Gasteiger partial charge in [-0.3, -0.25) is 4.79 Å². The molecule has 0 saturated carbocycles. The number of carbonyl (C=O) groups is 2. The van der Waals surface area contributed by atoms with E-state index < -0.39 is 5.97 Å². The van der Waals surface area contributed by atoms with E-state index in [1.807, 2.05) is 0 Å². The zero-order chi connectivity index (χ0) is 10.1. The summed E-state index contributed by atoms with van der Waals surface area (Å²) in [5.74, 6) is -1.07. The van der Waals surface area contributed by atoms with Crippen LogP contribution in [0.3, 0.4) is 0 Å². The third kappa shape index (κ3) is 1.27. The van der Waals surface area contributed by atoms with E-state index in [0.717, 1.165) is 16.7 Å². The number of thiophene rings is 1. The van der Waals surface area contributed by atoms with Crippen molar-refractivity contribution in [2.75, 3.05) is 0 Å². The van der Waals surface area contributed by atoms with Gasteiger partial charge >= 0.3 is 5.97 Å². The van der Waals surface area contributed by atoms with E-state index in [1.165, 1.54) is 6.20 Å². The summed E-state index contributed by atoms with van der Waals surface area (Å²) in [4.78, 5) is 25.5. The second-order valence-corrected chi connectivity index (χ2v) is 3.73. The van der Waals surface area contributed by atoms with Gasteiger partial charge in [0.2, 0.25) is 0 Å². The standard InChI is InChI=1S/C9H5NO3S/c11-4-6-3-5-1-2-10-7(9(12)13)8(5)14-6/h1-4H,(H,12,13). The number of fused-ring (bicyclic) bond motifs is 1. The Bertz CT molecular complexity index is 518. The van der Waals surface area contributed by atoms with Crippen molar-refractivity contribution in [3.63, 3.8) is 0 Å². The van der Waals surface area contributed by atoms with Gasteiger partial charge in [-0.25, -0.2) is 9.78 Å². The van der Waals surface area contributed by atoms with E-state index in [1.54, 1.807) is 12.1 Å². The molecule has 2 heterocycles. The molecular weight excluding hydrogens is 202 g/mol. The second-order valence-electron chi connectivity index (χ2n) is 2.65. The molecule has 0 fully saturated rings. The van der Waals surface area contributed by atoms with Crippen molar-refractivity contribution in [3.8, 4) is 0 Å². The van der Waals surface area contributed by atoms with Crippen LogP contribution < -0.4 is 0 Å². The highest BCUT2D eigenvalue weighted by atomic mass is 32.1. The lowest BCUT2D eigenvalue weighted by Gasteiger charge is -1.93. The number of hydrogen-bond acceptors (Lipinski definition) is 4. The van der Waals surface area contributed by atoms with Gasteiger partial charge in [-0.2, -0.15) is 0 Å². The number of carbonyl (C=O) groups excluding carboxylic acids is 1. The second kappa shape index (κ2) is 3.19. The molecule has 14 heavy (non-hydrogen) atoms. The quantitative estimate of drug-likeness (QED) is 0.762. The fourth-order valence-electron chi connectivity index (χ4n) is 1.20. The SMILES string of the molecule is O=Cc1cc2ccnc(C(=O)O)c2s1. The van der Waals surface area contributed by atoms with Crippen molar-refractivity contribution in [1.29, 1.82) is 0 Å². The highest BCUT2D eigenvalue weighted by Crippen LogP contribution is 2.26. The molecule has 0 saturated heterocycles. The lowest BCUT2D eigenvalue weighted by atomic mass is 10.2. The predicted octanol–water partition coefficient (Wildman–Crippen LogP) is 1.81. The molecule has 4 nitrogen and oxygen atoms in total. The van der Waals surface area contributed by atoms with Crippen LogP contribution in [-0.4, -0.2) is 22.3 Å². The number of aldehydes is 1. The Kier molecular flexibility index (Phi) is 2.01. The molecule has 0 spiro atoms. The Morgan fingerprint density at radius 1 is 1.57 bits per heavy atom. The first-order valence-electron chi connectivity index (χ1n) is 3.79. The number of hydrogen-bond donors (Lipinski definition) is 1. The summed E-state index contributed by atoms with van der Waals surface area (Å²) in [6.45, 7) is 0.